The molecule has 4 heterocycles. The average molecular weight is 373 g/mol. The largest absolute Gasteiger partial charge is 0.334 e. The molecule has 5 rings (SSSR count). The van der Waals surface area contributed by atoms with Crippen LogP contribution in [0.1, 0.15) is 13.8 Å². The Morgan fingerprint density at radius 1 is 1.07 bits per heavy atom. The Kier molecular flexibility index (Phi) is 3.73. The molecule has 7 heteroatoms. The maximum absolute atomic E-state index is 4.95. The van der Waals surface area contributed by atoms with Crippen molar-refractivity contribution in [2.45, 2.75) is 19.9 Å². The molecular formula is C21H23N7. The number of pyridine rings is 1. The van der Waals surface area contributed by atoms with E-state index in [9.17, 15) is 0 Å². The van der Waals surface area contributed by atoms with E-state index in [0.29, 0.717) is 12.0 Å². The van der Waals surface area contributed by atoms with E-state index >= 15 is 0 Å². The number of hydrogen-bond donors (Lipinski definition) is 1. The second-order valence-electron chi connectivity index (χ2n) is 7.58. The smallest absolute Gasteiger partial charge is 0.162 e. The van der Waals surface area contributed by atoms with Crippen LogP contribution < -0.4 is 5.43 Å². The minimum atomic E-state index is 0.327. The van der Waals surface area contributed by atoms with Gasteiger partial charge in [-0.15, -0.1) is 0 Å². The zero-order valence-corrected chi connectivity index (χ0v) is 16.5. The first-order chi connectivity index (χ1) is 13.5. The number of nitrogens with one attached hydrogen (secondary N) is 1. The summed E-state index contributed by atoms with van der Waals surface area (Å²) in [6.45, 7) is 4.39. The summed E-state index contributed by atoms with van der Waals surface area (Å²) in [6.07, 6.45) is 7.71. The number of aromatic nitrogens is 4. The lowest BCUT2D eigenvalue weighted by molar-refractivity contribution is 0.242. The number of imidazole rings is 2. The van der Waals surface area contributed by atoms with E-state index in [4.69, 9.17) is 4.99 Å². The molecule has 2 atom stereocenters. The van der Waals surface area contributed by atoms with Gasteiger partial charge in [0.05, 0.1) is 17.4 Å². The number of benzene rings is 1. The van der Waals surface area contributed by atoms with Crippen molar-refractivity contribution in [3.63, 3.8) is 0 Å². The molecule has 1 aliphatic rings. The molecule has 1 fully saturated rings. The van der Waals surface area contributed by atoms with Gasteiger partial charge < -0.3 is 14.4 Å². The van der Waals surface area contributed by atoms with Crippen molar-refractivity contribution in [3.8, 4) is 11.1 Å². The standard InChI is InChI=1S/C21H23N7/c1-13-14(2)27(4)25-20(13)24-18-10-16(11-28-8-7-22-21(18)28)15-5-6-19-17(9-15)23-12-26(19)3/h5-14H,1-4H3,(H,24,25). The minimum absolute atomic E-state index is 0.327. The van der Waals surface area contributed by atoms with Gasteiger partial charge in [-0.3, -0.25) is 0 Å². The first-order valence-electron chi connectivity index (χ1n) is 9.47. The van der Waals surface area contributed by atoms with E-state index in [0.717, 1.165) is 39.3 Å². The number of fused-ring (bicyclic) bond motifs is 2. The molecule has 1 saturated heterocycles. The summed E-state index contributed by atoms with van der Waals surface area (Å²) in [5.41, 5.74) is 9.40. The quantitative estimate of drug-likeness (QED) is 0.585. The first kappa shape index (κ1) is 16.9. The van der Waals surface area contributed by atoms with E-state index < -0.39 is 0 Å². The molecule has 0 amide bonds. The van der Waals surface area contributed by atoms with Crippen LogP contribution >= 0.6 is 0 Å². The Hall–Kier alpha value is -3.19. The van der Waals surface area contributed by atoms with Gasteiger partial charge in [0.15, 0.2) is 5.65 Å². The molecule has 0 aliphatic carbocycles. The van der Waals surface area contributed by atoms with Gasteiger partial charge in [-0.2, -0.15) is 0 Å². The molecule has 2 unspecified atom stereocenters. The molecule has 0 radical (unpaired) electrons. The van der Waals surface area contributed by atoms with Crippen molar-refractivity contribution in [1.29, 1.82) is 0 Å². The molecule has 4 aromatic rings. The van der Waals surface area contributed by atoms with Gasteiger partial charge in [0, 0.05) is 50.2 Å². The van der Waals surface area contributed by atoms with Crippen LogP contribution in [-0.4, -0.2) is 42.9 Å². The third-order valence-corrected chi connectivity index (χ3v) is 5.82. The molecule has 0 bridgehead atoms. The normalized spacial score (nSPS) is 21.8. The Morgan fingerprint density at radius 2 is 1.93 bits per heavy atom. The molecule has 28 heavy (non-hydrogen) atoms. The predicted molar refractivity (Wildman–Crippen MR) is 112 cm³/mol. The summed E-state index contributed by atoms with van der Waals surface area (Å²) in [6, 6.07) is 8.86. The molecular weight excluding hydrogens is 350 g/mol. The van der Waals surface area contributed by atoms with Crippen molar-refractivity contribution < 1.29 is 0 Å². The molecule has 3 aromatic heterocycles. The van der Waals surface area contributed by atoms with Gasteiger partial charge in [0.25, 0.3) is 0 Å². The highest BCUT2D eigenvalue weighted by molar-refractivity contribution is 5.91. The fourth-order valence-corrected chi connectivity index (χ4v) is 3.78. The van der Waals surface area contributed by atoms with Crippen LogP contribution in [0.15, 0.2) is 54.2 Å². The lowest BCUT2D eigenvalue weighted by Gasteiger charge is -2.14. The van der Waals surface area contributed by atoms with Gasteiger partial charge in [-0.1, -0.05) is 13.0 Å². The lowest BCUT2D eigenvalue weighted by atomic mass is 10.0. The topological polar surface area (TPSA) is 62.8 Å². The van der Waals surface area contributed by atoms with E-state index in [1.807, 2.05) is 41.8 Å². The number of aliphatic imine (C=N–C) groups is 1. The summed E-state index contributed by atoms with van der Waals surface area (Å²) < 4.78 is 4.06. The Morgan fingerprint density at radius 3 is 2.71 bits per heavy atom. The molecule has 0 spiro atoms. The molecule has 1 aromatic carbocycles. The molecule has 7 nitrogen and oxygen atoms in total. The van der Waals surface area contributed by atoms with Crippen LogP contribution in [0.4, 0.5) is 5.69 Å². The van der Waals surface area contributed by atoms with Crippen LogP contribution in [0.25, 0.3) is 27.8 Å². The van der Waals surface area contributed by atoms with Gasteiger partial charge in [-0.25, -0.2) is 20.0 Å². The van der Waals surface area contributed by atoms with Crippen molar-refractivity contribution in [2.24, 2.45) is 18.0 Å². The first-order valence-corrected chi connectivity index (χ1v) is 9.47. The third kappa shape index (κ3) is 2.58. The lowest BCUT2D eigenvalue weighted by Crippen LogP contribution is -2.32. The Bertz CT molecular complexity index is 1220. The highest BCUT2D eigenvalue weighted by atomic mass is 15.5. The SMILES string of the molecule is CC1C(=Nc2cc(-c3ccc4c(c3)ncn4C)cn3ccnc23)NN(C)C1C. The Labute approximate surface area is 163 Å². The van der Waals surface area contributed by atoms with E-state index in [-0.39, 0.29) is 0 Å². The van der Waals surface area contributed by atoms with E-state index in [2.05, 4.69) is 64.7 Å². The van der Waals surface area contributed by atoms with Gasteiger partial charge >= 0.3 is 0 Å². The highest BCUT2D eigenvalue weighted by Gasteiger charge is 2.30. The fourth-order valence-electron chi connectivity index (χ4n) is 3.78. The van der Waals surface area contributed by atoms with Crippen molar-refractivity contribution >= 4 is 28.2 Å². The molecule has 142 valence electrons. The second kappa shape index (κ2) is 6.17. The fraction of sp³-hybridized carbons (Fsp3) is 0.286. The van der Waals surface area contributed by atoms with Crippen LogP contribution in [0.2, 0.25) is 0 Å². The van der Waals surface area contributed by atoms with Crippen molar-refractivity contribution in [1.82, 2.24) is 29.4 Å². The van der Waals surface area contributed by atoms with Crippen LogP contribution in [0.5, 0.6) is 0 Å². The maximum Gasteiger partial charge on any atom is 0.162 e. The van der Waals surface area contributed by atoms with Crippen molar-refractivity contribution in [3.05, 3.63) is 49.2 Å². The highest BCUT2D eigenvalue weighted by Crippen LogP contribution is 2.30. The summed E-state index contributed by atoms with van der Waals surface area (Å²) >= 11 is 0. The number of hydrazine groups is 1. The molecule has 1 N–H and O–H groups in total. The number of aryl methyl sites for hydroxylation is 1. The van der Waals surface area contributed by atoms with Crippen LogP contribution in [0, 0.1) is 5.92 Å². The van der Waals surface area contributed by atoms with Gasteiger partial charge in [0.1, 0.15) is 11.5 Å². The van der Waals surface area contributed by atoms with Gasteiger partial charge in [-0.05, 0) is 30.7 Å². The zero-order valence-electron chi connectivity index (χ0n) is 16.5. The zero-order chi connectivity index (χ0) is 19.4. The number of amidine groups is 1. The average Bonchev–Trinajstić information content (AvgIpc) is 3.37. The van der Waals surface area contributed by atoms with E-state index in [1.54, 1.807) is 0 Å². The number of rotatable bonds is 2. The second-order valence-corrected chi connectivity index (χ2v) is 7.58. The van der Waals surface area contributed by atoms with Gasteiger partial charge in [0.2, 0.25) is 0 Å². The van der Waals surface area contributed by atoms with Crippen LogP contribution in [0.3, 0.4) is 0 Å². The summed E-state index contributed by atoms with van der Waals surface area (Å²) in [5, 5.41) is 2.10. The predicted octanol–water partition coefficient (Wildman–Crippen LogP) is 3.39. The van der Waals surface area contributed by atoms with Crippen LogP contribution in [-0.2, 0) is 7.05 Å². The number of nitrogens with zero attached hydrogens (tertiary/aromatic N) is 6. The van der Waals surface area contributed by atoms with E-state index in [1.165, 1.54) is 0 Å². The number of hydrogen-bond acceptors (Lipinski definition) is 4. The summed E-state index contributed by atoms with van der Waals surface area (Å²) in [4.78, 5) is 14.0. The molecule has 1 aliphatic heterocycles. The third-order valence-electron chi connectivity index (χ3n) is 5.82. The molecule has 0 saturated carbocycles. The Balaban J connectivity index is 1.65. The van der Waals surface area contributed by atoms with Crippen molar-refractivity contribution in [2.75, 3.05) is 7.05 Å². The monoisotopic (exact) mass is 373 g/mol. The maximum atomic E-state index is 4.95. The minimum Gasteiger partial charge on any atom is -0.334 e. The summed E-state index contributed by atoms with van der Waals surface area (Å²) in [5.74, 6) is 1.30. The summed E-state index contributed by atoms with van der Waals surface area (Å²) in [7, 11) is 4.06.